The lowest BCUT2D eigenvalue weighted by molar-refractivity contribution is 0.0941. The van der Waals surface area contributed by atoms with E-state index in [2.05, 4.69) is 16.0 Å². The van der Waals surface area contributed by atoms with E-state index >= 15 is 0 Å². The monoisotopic (exact) mass is 375 g/mol. The Bertz CT molecular complexity index is 774. The lowest BCUT2D eigenvalue weighted by Gasteiger charge is -2.11. The number of carbonyl (C=O) groups excluding carboxylic acids is 2. The van der Waals surface area contributed by atoms with E-state index in [9.17, 15) is 9.59 Å². The molecule has 0 saturated heterocycles. The minimum absolute atomic E-state index is 0.0703. The first kappa shape index (κ1) is 18.9. The van der Waals surface area contributed by atoms with Gasteiger partial charge in [0.15, 0.2) is 5.11 Å². The molecule has 2 rings (SSSR count). The Morgan fingerprint density at radius 3 is 2.00 bits per heavy atom. The van der Waals surface area contributed by atoms with E-state index in [0.717, 1.165) is 0 Å². The Labute approximate surface area is 156 Å². The molecule has 0 spiro atoms. The summed E-state index contributed by atoms with van der Waals surface area (Å²) in [5.41, 5.74) is 1.67. The van der Waals surface area contributed by atoms with Crippen LogP contribution in [0.2, 0.25) is 5.02 Å². The first-order chi connectivity index (χ1) is 11.8. The number of hydrogen-bond donors (Lipinski definition) is 3. The van der Waals surface area contributed by atoms with Gasteiger partial charge < -0.3 is 10.6 Å². The number of rotatable bonds is 4. The van der Waals surface area contributed by atoms with Gasteiger partial charge in [0.2, 0.25) is 0 Å². The normalized spacial score (nSPS) is 10.2. The van der Waals surface area contributed by atoms with Gasteiger partial charge in [-0.1, -0.05) is 11.6 Å². The molecule has 3 N–H and O–H groups in total. The van der Waals surface area contributed by atoms with E-state index in [1.54, 1.807) is 48.5 Å². The summed E-state index contributed by atoms with van der Waals surface area (Å²) in [6.45, 7) is 3.80. The van der Waals surface area contributed by atoms with Gasteiger partial charge in [-0.2, -0.15) is 0 Å². The molecule has 0 aliphatic rings. The van der Waals surface area contributed by atoms with Gasteiger partial charge in [0.05, 0.1) is 0 Å². The molecule has 0 aliphatic heterocycles. The highest BCUT2D eigenvalue weighted by Crippen LogP contribution is 2.11. The van der Waals surface area contributed by atoms with Crippen LogP contribution < -0.4 is 16.0 Å². The smallest absolute Gasteiger partial charge is 0.257 e. The zero-order chi connectivity index (χ0) is 18.4. The van der Waals surface area contributed by atoms with Crippen molar-refractivity contribution >= 4 is 46.4 Å². The highest BCUT2D eigenvalue weighted by Gasteiger charge is 2.09. The van der Waals surface area contributed by atoms with Gasteiger partial charge in [0, 0.05) is 27.9 Å². The van der Waals surface area contributed by atoms with Crippen LogP contribution in [0.25, 0.3) is 0 Å². The van der Waals surface area contributed by atoms with E-state index in [1.807, 2.05) is 13.8 Å². The topological polar surface area (TPSA) is 70.2 Å². The molecule has 0 aromatic heterocycles. The van der Waals surface area contributed by atoms with E-state index < -0.39 is 0 Å². The van der Waals surface area contributed by atoms with Gasteiger partial charge in [-0.15, -0.1) is 0 Å². The summed E-state index contributed by atoms with van der Waals surface area (Å²) in [5, 5.41) is 9.03. The number of carbonyl (C=O) groups is 2. The van der Waals surface area contributed by atoms with Crippen LogP contribution in [0, 0.1) is 0 Å². The molecule has 0 fully saturated rings. The molecule has 0 unspecified atom stereocenters. The summed E-state index contributed by atoms with van der Waals surface area (Å²) in [6, 6.07) is 13.4. The third-order valence-corrected chi connectivity index (χ3v) is 3.61. The second-order valence-electron chi connectivity index (χ2n) is 5.62. The standard InChI is InChI=1S/C18H18ClN3O2S/c1-11(2)20-16(23)13-5-9-15(10-6-13)21-18(25)22-17(24)12-3-7-14(19)8-4-12/h3-11H,1-2H3,(H,20,23)(H2,21,22,24,25). The Morgan fingerprint density at radius 2 is 1.44 bits per heavy atom. The Kier molecular flexibility index (Phi) is 6.50. The van der Waals surface area contributed by atoms with Gasteiger partial charge in [-0.05, 0) is 74.6 Å². The zero-order valence-corrected chi connectivity index (χ0v) is 15.4. The van der Waals surface area contributed by atoms with Crippen molar-refractivity contribution in [3.8, 4) is 0 Å². The number of nitrogens with one attached hydrogen (secondary N) is 3. The van der Waals surface area contributed by atoms with Crippen LogP contribution in [0.4, 0.5) is 5.69 Å². The van der Waals surface area contributed by atoms with Crippen molar-refractivity contribution in [2.75, 3.05) is 5.32 Å². The molecule has 0 aliphatic carbocycles. The van der Waals surface area contributed by atoms with Gasteiger partial charge in [-0.25, -0.2) is 0 Å². The summed E-state index contributed by atoms with van der Waals surface area (Å²) in [4.78, 5) is 24.0. The Hall–Kier alpha value is -2.44. The number of benzene rings is 2. The van der Waals surface area contributed by atoms with Crippen molar-refractivity contribution in [1.29, 1.82) is 0 Å². The molecule has 0 heterocycles. The fourth-order valence-corrected chi connectivity index (χ4v) is 2.33. The minimum atomic E-state index is -0.331. The summed E-state index contributed by atoms with van der Waals surface area (Å²) in [7, 11) is 0. The van der Waals surface area contributed by atoms with Crippen LogP contribution in [0.1, 0.15) is 34.6 Å². The van der Waals surface area contributed by atoms with E-state index in [-0.39, 0.29) is 23.0 Å². The third kappa shape index (κ3) is 5.85. The molecule has 25 heavy (non-hydrogen) atoms. The molecule has 0 saturated carbocycles. The molecule has 130 valence electrons. The highest BCUT2D eigenvalue weighted by molar-refractivity contribution is 7.80. The number of amides is 2. The molecule has 0 radical (unpaired) electrons. The van der Waals surface area contributed by atoms with Crippen LogP contribution in [0.5, 0.6) is 0 Å². The van der Waals surface area contributed by atoms with Gasteiger partial charge >= 0.3 is 0 Å². The molecular weight excluding hydrogens is 358 g/mol. The van der Waals surface area contributed by atoms with Gasteiger partial charge in [0.1, 0.15) is 0 Å². The molecule has 5 nitrogen and oxygen atoms in total. The van der Waals surface area contributed by atoms with Crippen molar-refractivity contribution in [3.05, 3.63) is 64.7 Å². The van der Waals surface area contributed by atoms with Crippen molar-refractivity contribution < 1.29 is 9.59 Å². The first-order valence-electron chi connectivity index (χ1n) is 7.64. The van der Waals surface area contributed by atoms with Crippen molar-refractivity contribution in [1.82, 2.24) is 10.6 Å². The Balaban J connectivity index is 1.93. The maximum absolute atomic E-state index is 12.1. The van der Waals surface area contributed by atoms with Crippen molar-refractivity contribution in [2.45, 2.75) is 19.9 Å². The van der Waals surface area contributed by atoms with Crippen molar-refractivity contribution in [2.24, 2.45) is 0 Å². The van der Waals surface area contributed by atoms with Crippen LogP contribution in [0.15, 0.2) is 48.5 Å². The van der Waals surface area contributed by atoms with Crippen molar-refractivity contribution in [3.63, 3.8) is 0 Å². The maximum atomic E-state index is 12.1. The molecule has 2 amide bonds. The van der Waals surface area contributed by atoms with Crippen LogP contribution in [-0.2, 0) is 0 Å². The minimum Gasteiger partial charge on any atom is -0.350 e. The molecule has 2 aromatic rings. The fraction of sp³-hybridized carbons (Fsp3) is 0.167. The fourth-order valence-electron chi connectivity index (χ4n) is 1.99. The second kappa shape index (κ2) is 8.60. The van der Waals surface area contributed by atoms with Crippen LogP contribution >= 0.6 is 23.8 Å². The molecule has 7 heteroatoms. The first-order valence-corrected chi connectivity index (χ1v) is 8.42. The summed E-state index contributed by atoms with van der Waals surface area (Å²) in [5.74, 6) is -0.470. The largest absolute Gasteiger partial charge is 0.350 e. The van der Waals surface area contributed by atoms with E-state index in [1.165, 1.54) is 0 Å². The maximum Gasteiger partial charge on any atom is 0.257 e. The lowest BCUT2D eigenvalue weighted by atomic mass is 10.2. The summed E-state index contributed by atoms with van der Waals surface area (Å²) >= 11 is 10.9. The van der Waals surface area contributed by atoms with Gasteiger partial charge in [0.25, 0.3) is 11.8 Å². The quantitative estimate of drug-likeness (QED) is 0.714. The molecule has 0 atom stereocenters. The zero-order valence-electron chi connectivity index (χ0n) is 13.8. The number of halogens is 1. The lowest BCUT2D eigenvalue weighted by Crippen LogP contribution is -2.34. The molecule has 2 aromatic carbocycles. The third-order valence-electron chi connectivity index (χ3n) is 3.16. The van der Waals surface area contributed by atoms with E-state index in [4.69, 9.17) is 23.8 Å². The van der Waals surface area contributed by atoms with Crippen LogP contribution in [0.3, 0.4) is 0 Å². The second-order valence-corrected chi connectivity index (χ2v) is 6.47. The predicted molar refractivity (Wildman–Crippen MR) is 104 cm³/mol. The van der Waals surface area contributed by atoms with E-state index in [0.29, 0.717) is 21.8 Å². The average molecular weight is 376 g/mol. The van der Waals surface area contributed by atoms with Gasteiger partial charge in [-0.3, -0.25) is 14.9 Å². The Morgan fingerprint density at radius 1 is 0.920 bits per heavy atom. The average Bonchev–Trinajstić information content (AvgIpc) is 2.55. The molecular formula is C18H18ClN3O2S. The SMILES string of the molecule is CC(C)NC(=O)c1ccc(NC(=S)NC(=O)c2ccc(Cl)cc2)cc1. The highest BCUT2D eigenvalue weighted by atomic mass is 35.5. The summed E-state index contributed by atoms with van der Waals surface area (Å²) < 4.78 is 0. The van der Waals surface area contributed by atoms with Crippen LogP contribution in [-0.4, -0.2) is 23.0 Å². The number of anilines is 1. The molecule has 0 bridgehead atoms. The number of hydrogen-bond acceptors (Lipinski definition) is 3. The predicted octanol–water partition coefficient (Wildman–Crippen LogP) is 3.61. The summed E-state index contributed by atoms with van der Waals surface area (Å²) in [6.07, 6.45) is 0. The number of thiocarbonyl (C=S) groups is 1.